The maximum absolute atomic E-state index is 10.3. The first-order valence-electron chi connectivity index (χ1n) is 15.8. The Balaban J connectivity index is 1.42. The minimum absolute atomic E-state index is 0.220. The summed E-state index contributed by atoms with van der Waals surface area (Å²) >= 11 is 0. The minimum atomic E-state index is -0.633. The normalized spacial score (nSPS) is 12.2. The fourth-order valence-electron chi connectivity index (χ4n) is 4.91. The standard InChI is InChI=1S/C34H56O4/c1-3-5-6-7-8-9-10-11-12-13-14-15-16-17-18-21-27-36-28-30(35)29-38-34-25-24-33(37-26-4-2)31-22-19-20-23-32(31)34/h19-20,22-25,30,35H,3-18,21,26-29H2,1-2H3. The Labute approximate surface area is 233 Å². The highest BCUT2D eigenvalue weighted by Gasteiger charge is 2.10. The SMILES string of the molecule is CCCCCCCCCCCCCCCCCCOCC(O)COc1ccc(OCCC)c2ccccc12. The van der Waals surface area contributed by atoms with E-state index in [1.165, 1.54) is 96.3 Å². The first-order chi connectivity index (χ1) is 18.8. The Morgan fingerprint density at radius 1 is 0.526 bits per heavy atom. The summed E-state index contributed by atoms with van der Waals surface area (Å²) in [7, 11) is 0. The summed E-state index contributed by atoms with van der Waals surface area (Å²) in [5.74, 6) is 1.64. The molecule has 38 heavy (non-hydrogen) atoms. The third-order valence-corrected chi connectivity index (χ3v) is 7.19. The van der Waals surface area contributed by atoms with E-state index in [0.29, 0.717) is 19.8 Å². The monoisotopic (exact) mass is 528 g/mol. The van der Waals surface area contributed by atoms with Crippen molar-refractivity contribution in [3.8, 4) is 11.5 Å². The number of aliphatic hydroxyl groups is 1. The second kappa shape index (κ2) is 22.1. The van der Waals surface area contributed by atoms with Crippen LogP contribution < -0.4 is 9.47 Å². The molecule has 0 aromatic heterocycles. The van der Waals surface area contributed by atoms with Crippen LogP contribution in [-0.2, 0) is 4.74 Å². The van der Waals surface area contributed by atoms with Crippen LogP contribution in [0.3, 0.4) is 0 Å². The molecule has 0 spiro atoms. The summed E-state index contributed by atoms with van der Waals surface area (Å²) in [6.45, 7) is 6.32. The van der Waals surface area contributed by atoms with Gasteiger partial charge in [0.05, 0.1) is 13.2 Å². The Kier molecular flexibility index (Phi) is 18.8. The summed E-state index contributed by atoms with van der Waals surface area (Å²) in [5, 5.41) is 12.4. The molecular formula is C34H56O4. The first kappa shape index (κ1) is 32.4. The van der Waals surface area contributed by atoms with E-state index >= 15 is 0 Å². The number of aliphatic hydroxyl groups excluding tert-OH is 1. The van der Waals surface area contributed by atoms with Gasteiger partial charge in [-0.1, -0.05) is 134 Å². The van der Waals surface area contributed by atoms with Crippen molar-refractivity contribution in [3.05, 3.63) is 36.4 Å². The molecule has 0 radical (unpaired) electrons. The summed E-state index contributed by atoms with van der Waals surface area (Å²) < 4.78 is 17.5. The maximum atomic E-state index is 10.3. The molecule has 0 saturated heterocycles. The molecule has 0 bridgehead atoms. The molecule has 0 heterocycles. The fourth-order valence-corrected chi connectivity index (χ4v) is 4.91. The molecular weight excluding hydrogens is 472 g/mol. The number of rotatable bonds is 25. The zero-order valence-corrected chi connectivity index (χ0v) is 24.6. The number of benzene rings is 2. The number of unbranched alkanes of at least 4 members (excludes halogenated alkanes) is 15. The van der Waals surface area contributed by atoms with Gasteiger partial charge in [0, 0.05) is 17.4 Å². The van der Waals surface area contributed by atoms with Gasteiger partial charge < -0.3 is 19.3 Å². The molecule has 1 atom stereocenters. The minimum Gasteiger partial charge on any atom is -0.493 e. The quantitative estimate of drug-likeness (QED) is 0.130. The predicted octanol–water partition coefficient (Wildman–Crippen LogP) is 9.65. The molecule has 4 heteroatoms. The third kappa shape index (κ3) is 14.4. The largest absolute Gasteiger partial charge is 0.493 e. The van der Waals surface area contributed by atoms with Gasteiger partial charge in [-0.25, -0.2) is 0 Å². The Morgan fingerprint density at radius 2 is 1.00 bits per heavy atom. The molecule has 2 rings (SSSR count). The summed E-state index contributed by atoms with van der Waals surface area (Å²) in [6.07, 6.45) is 22.2. The van der Waals surface area contributed by atoms with Crippen molar-refractivity contribution in [2.75, 3.05) is 26.4 Å². The molecule has 0 aliphatic rings. The van der Waals surface area contributed by atoms with Crippen LogP contribution in [-0.4, -0.2) is 37.6 Å². The molecule has 1 N–H and O–H groups in total. The van der Waals surface area contributed by atoms with Gasteiger partial charge >= 0.3 is 0 Å². The van der Waals surface area contributed by atoms with E-state index in [4.69, 9.17) is 14.2 Å². The van der Waals surface area contributed by atoms with E-state index in [1.54, 1.807) is 0 Å². The van der Waals surface area contributed by atoms with Crippen molar-refractivity contribution in [2.45, 2.75) is 129 Å². The highest BCUT2D eigenvalue weighted by molar-refractivity contribution is 5.93. The van der Waals surface area contributed by atoms with E-state index in [1.807, 2.05) is 36.4 Å². The Hall–Kier alpha value is -1.78. The molecule has 0 saturated carbocycles. The van der Waals surface area contributed by atoms with E-state index in [2.05, 4.69) is 13.8 Å². The van der Waals surface area contributed by atoms with Crippen molar-refractivity contribution in [1.82, 2.24) is 0 Å². The number of hydrogen-bond donors (Lipinski definition) is 1. The van der Waals surface area contributed by atoms with Crippen LogP contribution in [0, 0.1) is 0 Å². The van der Waals surface area contributed by atoms with E-state index in [9.17, 15) is 5.11 Å². The molecule has 0 amide bonds. The van der Waals surface area contributed by atoms with Crippen LogP contribution in [0.15, 0.2) is 36.4 Å². The Morgan fingerprint density at radius 3 is 1.50 bits per heavy atom. The van der Waals surface area contributed by atoms with Gasteiger partial charge in [-0.15, -0.1) is 0 Å². The average molecular weight is 529 g/mol. The van der Waals surface area contributed by atoms with E-state index < -0.39 is 6.10 Å². The summed E-state index contributed by atoms with van der Waals surface area (Å²) in [4.78, 5) is 0. The molecule has 2 aromatic carbocycles. The first-order valence-corrected chi connectivity index (χ1v) is 15.8. The van der Waals surface area contributed by atoms with E-state index in [0.717, 1.165) is 35.1 Å². The lowest BCUT2D eigenvalue weighted by Crippen LogP contribution is -2.23. The molecule has 4 nitrogen and oxygen atoms in total. The lowest BCUT2D eigenvalue weighted by atomic mass is 10.0. The lowest BCUT2D eigenvalue weighted by molar-refractivity contribution is 0.0112. The van der Waals surface area contributed by atoms with Gasteiger partial charge in [0.15, 0.2) is 0 Å². The summed E-state index contributed by atoms with van der Waals surface area (Å²) in [6, 6.07) is 12.0. The van der Waals surface area contributed by atoms with Crippen LogP contribution in [0.5, 0.6) is 11.5 Å². The lowest BCUT2D eigenvalue weighted by Gasteiger charge is -2.16. The fraction of sp³-hybridized carbons (Fsp3) is 0.706. The molecule has 1 unspecified atom stereocenters. The highest BCUT2D eigenvalue weighted by atomic mass is 16.5. The van der Waals surface area contributed by atoms with Crippen molar-refractivity contribution in [1.29, 1.82) is 0 Å². The molecule has 0 aliphatic carbocycles. The van der Waals surface area contributed by atoms with Crippen molar-refractivity contribution >= 4 is 10.8 Å². The molecule has 216 valence electrons. The number of ether oxygens (including phenoxy) is 3. The zero-order chi connectivity index (χ0) is 27.1. The van der Waals surface area contributed by atoms with Gasteiger partial charge in [-0.05, 0) is 25.0 Å². The smallest absolute Gasteiger partial charge is 0.127 e. The summed E-state index contributed by atoms with van der Waals surface area (Å²) in [5.41, 5.74) is 0. The second-order valence-electron chi connectivity index (χ2n) is 10.8. The zero-order valence-electron chi connectivity index (χ0n) is 24.6. The van der Waals surface area contributed by atoms with Crippen LogP contribution in [0.25, 0.3) is 10.8 Å². The van der Waals surface area contributed by atoms with Crippen LogP contribution in [0.4, 0.5) is 0 Å². The van der Waals surface area contributed by atoms with Crippen molar-refractivity contribution in [3.63, 3.8) is 0 Å². The highest BCUT2D eigenvalue weighted by Crippen LogP contribution is 2.33. The van der Waals surface area contributed by atoms with Crippen molar-refractivity contribution < 1.29 is 19.3 Å². The van der Waals surface area contributed by atoms with Gasteiger partial charge in [-0.3, -0.25) is 0 Å². The maximum Gasteiger partial charge on any atom is 0.127 e. The van der Waals surface area contributed by atoms with Gasteiger partial charge in [0.2, 0.25) is 0 Å². The third-order valence-electron chi connectivity index (χ3n) is 7.19. The molecule has 0 aliphatic heterocycles. The molecule has 0 fully saturated rings. The average Bonchev–Trinajstić information content (AvgIpc) is 2.94. The van der Waals surface area contributed by atoms with Crippen LogP contribution >= 0.6 is 0 Å². The van der Waals surface area contributed by atoms with E-state index in [-0.39, 0.29) is 6.61 Å². The van der Waals surface area contributed by atoms with Crippen LogP contribution in [0.2, 0.25) is 0 Å². The van der Waals surface area contributed by atoms with Gasteiger partial charge in [0.25, 0.3) is 0 Å². The Bertz CT molecular complexity index is 821. The molecule has 2 aromatic rings. The topological polar surface area (TPSA) is 47.9 Å². The van der Waals surface area contributed by atoms with Crippen LogP contribution in [0.1, 0.15) is 123 Å². The van der Waals surface area contributed by atoms with Gasteiger partial charge in [0.1, 0.15) is 24.2 Å². The van der Waals surface area contributed by atoms with Crippen molar-refractivity contribution in [2.24, 2.45) is 0 Å². The predicted molar refractivity (Wildman–Crippen MR) is 162 cm³/mol. The number of hydrogen-bond acceptors (Lipinski definition) is 4. The van der Waals surface area contributed by atoms with Gasteiger partial charge in [-0.2, -0.15) is 0 Å². The number of fused-ring (bicyclic) bond motifs is 1. The second-order valence-corrected chi connectivity index (χ2v) is 10.8.